The monoisotopic (exact) mass is 447 g/mol. The number of carbonyl (C=O) groups is 1. The zero-order valence-electron chi connectivity index (χ0n) is 15.7. The molecule has 0 spiro atoms. The maximum Gasteiger partial charge on any atom is 0.260 e. The van der Waals surface area contributed by atoms with Crippen LogP contribution in [0.25, 0.3) is 21.8 Å². The average Bonchev–Trinajstić information content (AvgIpc) is 2.75. The number of hydrazone groups is 1. The molecule has 5 nitrogen and oxygen atoms in total. The number of benzene rings is 3. The Morgan fingerprint density at radius 3 is 2.07 bits per heavy atom. The normalized spacial score (nSPS) is 11.7. The highest BCUT2D eigenvalue weighted by atomic mass is 79.9. The summed E-state index contributed by atoms with van der Waals surface area (Å²) in [6.45, 7) is 1.89. The van der Waals surface area contributed by atoms with Crippen molar-refractivity contribution in [2.45, 2.75) is 13.5 Å². The van der Waals surface area contributed by atoms with E-state index in [0.29, 0.717) is 16.5 Å². The Kier molecular flexibility index (Phi) is 5.27. The van der Waals surface area contributed by atoms with E-state index in [0.717, 1.165) is 21.1 Å². The average molecular weight is 448 g/mol. The van der Waals surface area contributed by atoms with Gasteiger partial charge in [0.05, 0.1) is 16.7 Å². The zero-order chi connectivity index (χ0) is 20.4. The molecule has 0 unspecified atom stereocenters. The van der Waals surface area contributed by atoms with Gasteiger partial charge >= 0.3 is 0 Å². The molecule has 0 saturated carbocycles. The summed E-state index contributed by atoms with van der Waals surface area (Å²) < 4.78 is 2.83. The Bertz CT molecular complexity index is 1250. The van der Waals surface area contributed by atoms with Gasteiger partial charge in [-0.1, -0.05) is 52.3 Å². The highest BCUT2D eigenvalue weighted by Crippen LogP contribution is 2.19. The summed E-state index contributed by atoms with van der Waals surface area (Å²) in [4.78, 5) is 25.4. The highest BCUT2D eigenvalue weighted by Gasteiger charge is 2.12. The van der Waals surface area contributed by atoms with Crippen molar-refractivity contribution in [2.75, 3.05) is 0 Å². The number of hydrogen-bond donors (Lipinski definition) is 1. The van der Waals surface area contributed by atoms with Crippen LogP contribution in [0.3, 0.4) is 0 Å². The minimum atomic E-state index is -0.264. The van der Waals surface area contributed by atoms with Crippen molar-refractivity contribution < 1.29 is 4.79 Å². The standard InChI is InChI=1S/C23H18BrN3O2/c1-15(16-10-12-17(24)13-11-16)25-26-22(28)14-27-20-8-4-2-6-18(20)23(29)19-7-3-5-9-21(19)27/h2-13H,14H2,1H3,(H,26,28). The smallest absolute Gasteiger partial charge is 0.260 e. The summed E-state index contributed by atoms with van der Waals surface area (Å²) >= 11 is 3.40. The third kappa shape index (κ3) is 3.84. The third-order valence-electron chi connectivity index (χ3n) is 4.79. The van der Waals surface area contributed by atoms with Crippen LogP contribution in [-0.4, -0.2) is 16.2 Å². The number of nitrogens with one attached hydrogen (secondary N) is 1. The topological polar surface area (TPSA) is 63.5 Å². The molecule has 4 rings (SSSR count). The van der Waals surface area contributed by atoms with Crippen LogP contribution in [0.15, 0.2) is 87.2 Å². The van der Waals surface area contributed by atoms with Gasteiger partial charge in [-0.2, -0.15) is 5.10 Å². The Labute approximate surface area is 175 Å². The summed E-state index contributed by atoms with van der Waals surface area (Å²) in [5.41, 5.74) is 5.67. The van der Waals surface area contributed by atoms with Crippen molar-refractivity contribution in [3.05, 3.63) is 93.1 Å². The minimum absolute atomic E-state index is 0.0306. The number of nitrogens with zero attached hydrogens (tertiary/aromatic N) is 2. The van der Waals surface area contributed by atoms with Crippen LogP contribution >= 0.6 is 15.9 Å². The number of amides is 1. The second-order valence-corrected chi connectivity index (χ2v) is 7.60. The highest BCUT2D eigenvalue weighted by molar-refractivity contribution is 9.10. The maximum atomic E-state index is 12.8. The molecule has 4 aromatic rings. The Morgan fingerprint density at radius 2 is 1.48 bits per heavy atom. The van der Waals surface area contributed by atoms with Gasteiger partial charge in [-0.05, 0) is 48.9 Å². The molecule has 0 aliphatic heterocycles. The van der Waals surface area contributed by atoms with Gasteiger partial charge in [0.15, 0.2) is 5.43 Å². The van der Waals surface area contributed by atoms with Gasteiger partial charge in [0.2, 0.25) is 0 Å². The Morgan fingerprint density at radius 1 is 0.931 bits per heavy atom. The number of carbonyl (C=O) groups excluding carboxylic acids is 1. The number of fused-ring (bicyclic) bond motifs is 2. The lowest BCUT2D eigenvalue weighted by atomic mass is 10.1. The molecule has 144 valence electrons. The largest absolute Gasteiger partial charge is 0.331 e. The predicted octanol–water partition coefficient (Wildman–Crippen LogP) is 4.46. The van der Waals surface area contributed by atoms with Crippen LogP contribution in [0.2, 0.25) is 0 Å². The quantitative estimate of drug-likeness (QED) is 0.285. The van der Waals surface area contributed by atoms with E-state index in [9.17, 15) is 9.59 Å². The van der Waals surface area contributed by atoms with E-state index in [2.05, 4.69) is 26.5 Å². The van der Waals surface area contributed by atoms with Crippen LogP contribution in [0.1, 0.15) is 12.5 Å². The fraction of sp³-hybridized carbons (Fsp3) is 0.0870. The summed E-state index contributed by atoms with van der Waals surface area (Å²) in [5, 5.41) is 5.41. The van der Waals surface area contributed by atoms with E-state index < -0.39 is 0 Å². The van der Waals surface area contributed by atoms with Gasteiger partial charge in [-0.15, -0.1) is 0 Å². The van der Waals surface area contributed by atoms with E-state index in [-0.39, 0.29) is 17.9 Å². The fourth-order valence-electron chi connectivity index (χ4n) is 3.33. The summed E-state index contributed by atoms with van der Waals surface area (Å²) in [6.07, 6.45) is 0. The molecule has 29 heavy (non-hydrogen) atoms. The van der Waals surface area contributed by atoms with Crippen molar-refractivity contribution in [3.63, 3.8) is 0 Å². The second-order valence-electron chi connectivity index (χ2n) is 6.69. The molecule has 1 amide bonds. The molecular formula is C23H18BrN3O2. The minimum Gasteiger partial charge on any atom is -0.331 e. The first-order valence-corrected chi connectivity index (χ1v) is 9.93. The van der Waals surface area contributed by atoms with Crippen LogP contribution in [0.5, 0.6) is 0 Å². The summed E-state index contributed by atoms with van der Waals surface area (Å²) in [6, 6.07) is 22.4. The first kappa shape index (κ1) is 19.1. The van der Waals surface area contributed by atoms with Crippen molar-refractivity contribution in [1.82, 2.24) is 9.99 Å². The first-order chi connectivity index (χ1) is 14.0. The maximum absolute atomic E-state index is 12.8. The molecule has 0 fully saturated rings. The summed E-state index contributed by atoms with van der Waals surface area (Å²) in [7, 11) is 0. The molecular weight excluding hydrogens is 430 g/mol. The van der Waals surface area contributed by atoms with E-state index in [1.165, 1.54) is 0 Å². The van der Waals surface area contributed by atoms with Crippen molar-refractivity contribution in [1.29, 1.82) is 0 Å². The first-order valence-electron chi connectivity index (χ1n) is 9.14. The summed E-state index contributed by atoms with van der Waals surface area (Å²) in [5.74, 6) is -0.264. The molecule has 0 saturated heterocycles. The number of hydrogen-bond acceptors (Lipinski definition) is 3. The lowest BCUT2D eigenvalue weighted by Gasteiger charge is -2.14. The molecule has 3 aromatic carbocycles. The van der Waals surface area contributed by atoms with Gasteiger partial charge in [0.1, 0.15) is 6.54 Å². The molecule has 1 N–H and O–H groups in total. The van der Waals surface area contributed by atoms with E-state index in [1.807, 2.05) is 72.2 Å². The number of pyridine rings is 1. The molecule has 6 heteroatoms. The zero-order valence-corrected chi connectivity index (χ0v) is 17.3. The van der Waals surface area contributed by atoms with Gasteiger partial charge in [-0.3, -0.25) is 9.59 Å². The molecule has 0 aliphatic carbocycles. The van der Waals surface area contributed by atoms with Crippen LogP contribution in [0.4, 0.5) is 0 Å². The Hall–Kier alpha value is -3.25. The second kappa shape index (κ2) is 8.01. The van der Waals surface area contributed by atoms with Crippen LogP contribution in [0, 0.1) is 0 Å². The van der Waals surface area contributed by atoms with Crippen molar-refractivity contribution in [3.8, 4) is 0 Å². The van der Waals surface area contributed by atoms with Gasteiger partial charge in [0, 0.05) is 15.2 Å². The fourth-order valence-corrected chi connectivity index (χ4v) is 3.59. The van der Waals surface area contributed by atoms with Gasteiger partial charge < -0.3 is 4.57 Å². The molecule has 0 aliphatic rings. The number of aromatic nitrogens is 1. The predicted molar refractivity (Wildman–Crippen MR) is 120 cm³/mol. The number of rotatable bonds is 4. The SMILES string of the molecule is CC(=NNC(=O)Cn1c2ccccc2c(=O)c2ccccc21)c1ccc(Br)cc1. The van der Waals surface area contributed by atoms with Crippen LogP contribution in [-0.2, 0) is 11.3 Å². The van der Waals surface area contributed by atoms with Gasteiger partial charge in [0.25, 0.3) is 5.91 Å². The number of halogens is 1. The van der Waals surface area contributed by atoms with E-state index in [1.54, 1.807) is 12.1 Å². The lowest BCUT2D eigenvalue weighted by molar-refractivity contribution is -0.121. The van der Waals surface area contributed by atoms with E-state index in [4.69, 9.17) is 0 Å². The molecule has 0 bridgehead atoms. The Balaban J connectivity index is 1.67. The van der Waals surface area contributed by atoms with Crippen molar-refractivity contribution >= 4 is 49.4 Å². The molecule has 1 heterocycles. The van der Waals surface area contributed by atoms with E-state index >= 15 is 0 Å². The molecule has 1 aromatic heterocycles. The lowest BCUT2D eigenvalue weighted by Crippen LogP contribution is -2.25. The third-order valence-corrected chi connectivity index (χ3v) is 5.32. The molecule has 0 radical (unpaired) electrons. The van der Waals surface area contributed by atoms with Crippen molar-refractivity contribution in [2.24, 2.45) is 5.10 Å². The van der Waals surface area contributed by atoms with Gasteiger partial charge in [-0.25, -0.2) is 5.43 Å². The van der Waals surface area contributed by atoms with Crippen LogP contribution < -0.4 is 10.9 Å². The molecule has 0 atom stereocenters. The number of para-hydroxylation sites is 2.